The fourth-order valence-electron chi connectivity index (χ4n) is 2.30. The van der Waals surface area contributed by atoms with Gasteiger partial charge in [-0.25, -0.2) is 4.39 Å². The number of rotatable bonds is 3. The van der Waals surface area contributed by atoms with Gasteiger partial charge in [-0.05, 0) is 30.8 Å². The highest BCUT2D eigenvalue weighted by Gasteiger charge is 2.48. The molecule has 0 radical (unpaired) electrons. The number of ether oxygens (including phenoxy) is 1. The second-order valence-corrected chi connectivity index (χ2v) is 4.16. The van der Waals surface area contributed by atoms with E-state index >= 15 is 0 Å². The van der Waals surface area contributed by atoms with Crippen LogP contribution < -0.4 is 5.32 Å². The third kappa shape index (κ3) is 1.63. The average Bonchev–Trinajstić information content (AvgIpc) is 2.91. The average molecular weight is 185 g/mol. The molecule has 2 aliphatic rings. The molecule has 0 spiro atoms. The lowest BCUT2D eigenvalue weighted by molar-refractivity contribution is 0.108. The zero-order chi connectivity index (χ0) is 9.31. The first kappa shape index (κ1) is 9.16. The van der Waals surface area contributed by atoms with Gasteiger partial charge in [0.05, 0.1) is 12.9 Å². The molecule has 2 nitrogen and oxygen atoms in total. The Balaban J connectivity index is 2.07. The summed E-state index contributed by atoms with van der Waals surface area (Å²) in [6.07, 6.45) is 4.08. The smallest absolute Gasteiger partial charge is 0.0872 e. The van der Waals surface area contributed by atoms with Crippen molar-refractivity contribution in [2.75, 3.05) is 20.3 Å². The van der Waals surface area contributed by atoms with Crippen LogP contribution in [0.25, 0.3) is 0 Å². The van der Waals surface area contributed by atoms with Gasteiger partial charge >= 0.3 is 0 Å². The summed E-state index contributed by atoms with van der Waals surface area (Å²) in [5, 5.41) is 3.40. The van der Waals surface area contributed by atoms with Crippen LogP contribution in [0.1, 0.15) is 19.3 Å². The summed E-state index contributed by atoms with van der Waals surface area (Å²) in [7, 11) is 1.71. The molecule has 1 saturated carbocycles. The molecule has 1 aliphatic carbocycles. The van der Waals surface area contributed by atoms with Crippen LogP contribution in [0.5, 0.6) is 0 Å². The lowest BCUT2D eigenvalue weighted by atomic mass is 9.91. The topological polar surface area (TPSA) is 21.3 Å². The van der Waals surface area contributed by atoms with Gasteiger partial charge in [-0.3, -0.25) is 0 Å². The van der Waals surface area contributed by atoms with E-state index in [-0.39, 0.29) is 5.54 Å². The highest BCUT2D eigenvalue weighted by atomic mass is 19.1. The Bertz CT molecular complexity index is 225. The quantitative estimate of drug-likeness (QED) is 0.721. The molecule has 1 unspecified atom stereocenters. The monoisotopic (exact) mass is 185 g/mol. The molecule has 0 amide bonds. The molecule has 0 aromatic heterocycles. The van der Waals surface area contributed by atoms with E-state index in [1.807, 2.05) is 0 Å². The molecule has 0 bridgehead atoms. The van der Waals surface area contributed by atoms with E-state index in [4.69, 9.17) is 4.74 Å². The molecular formula is C10H16FNO. The van der Waals surface area contributed by atoms with Crippen LogP contribution in [0.3, 0.4) is 0 Å². The van der Waals surface area contributed by atoms with Crippen molar-refractivity contribution >= 4 is 0 Å². The summed E-state index contributed by atoms with van der Waals surface area (Å²) in [5.74, 6) is 0.699. The number of hydrogen-bond acceptors (Lipinski definition) is 2. The lowest BCUT2D eigenvalue weighted by Gasteiger charge is -2.28. The zero-order valence-electron chi connectivity index (χ0n) is 7.98. The molecule has 0 aromatic rings. The Morgan fingerprint density at radius 1 is 1.69 bits per heavy atom. The Labute approximate surface area is 78.2 Å². The summed E-state index contributed by atoms with van der Waals surface area (Å²) in [5.41, 5.74) is 0.927. The minimum atomic E-state index is 0.0483. The number of nitrogens with one attached hydrogen (secondary N) is 1. The molecule has 1 aliphatic heterocycles. The predicted molar refractivity (Wildman–Crippen MR) is 49.1 cm³/mol. The van der Waals surface area contributed by atoms with Crippen LogP contribution in [0.15, 0.2) is 11.9 Å². The highest BCUT2D eigenvalue weighted by Crippen LogP contribution is 2.45. The van der Waals surface area contributed by atoms with E-state index in [1.54, 1.807) is 7.11 Å². The molecule has 3 heteroatoms. The largest absolute Gasteiger partial charge is 0.383 e. The van der Waals surface area contributed by atoms with E-state index in [2.05, 4.69) is 5.32 Å². The van der Waals surface area contributed by atoms with Gasteiger partial charge in [-0.2, -0.15) is 0 Å². The van der Waals surface area contributed by atoms with Gasteiger partial charge in [0.2, 0.25) is 0 Å². The molecular weight excluding hydrogens is 169 g/mol. The van der Waals surface area contributed by atoms with Crippen molar-refractivity contribution in [2.45, 2.75) is 24.8 Å². The van der Waals surface area contributed by atoms with Gasteiger partial charge in [0.15, 0.2) is 0 Å². The van der Waals surface area contributed by atoms with Crippen LogP contribution in [-0.2, 0) is 4.74 Å². The van der Waals surface area contributed by atoms with Gasteiger partial charge in [-0.1, -0.05) is 0 Å². The second kappa shape index (κ2) is 3.39. The first-order valence-electron chi connectivity index (χ1n) is 4.83. The summed E-state index contributed by atoms with van der Waals surface area (Å²) in [4.78, 5) is 0. The molecule has 0 aromatic carbocycles. The van der Waals surface area contributed by atoms with Crippen LogP contribution in [-0.4, -0.2) is 25.8 Å². The van der Waals surface area contributed by atoms with E-state index in [9.17, 15) is 4.39 Å². The van der Waals surface area contributed by atoms with Crippen LogP contribution in [0.4, 0.5) is 4.39 Å². The Morgan fingerprint density at radius 2 is 2.46 bits per heavy atom. The summed E-state index contributed by atoms with van der Waals surface area (Å²) < 4.78 is 17.5. The van der Waals surface area contributed by atoms with Gasteiger partial charge in [0.25, 0.3) is 0 Å². The van der Waals surface area contributed by atoms with Crippen LogP contribution in [0, 0.1) is 5.92 Å². The van der Waals surface area contributed by atoms with Crippen molar-refractivity contribution in [1.29, 1.82) is 0 Å². The fraction of sp³-hybridized carbons (Fsp3) is 0.800. The third-order valence-corrected chi connectivity index (χ3v) is 3.13. The zero-order valence-corrected chi connectivity index (χ0v) is 7.98. The first-order valence-corrected chi connectivity index (χ1v) is 4.83. The standard InChI is InChI=1S/C10H16FNO/c1-13-7-10(9-2-3-9)4-8(5-11)6-12-10/h5,9,12H,2-4,6-7H2,1H3/b8-5-. The SMILES string of the molecule is COCC1(C2CC2)C/C(=C/F)CN1. The van der Waals surface area contributed by atoms with Gasteiger partial charge in [0, 0.05) is 19.2 Å². The Hall–Kier alpha value is -0.410. The fourth-order valence-corrected chi connectivity index (χ4v) is 2.30. The minimum absolute atomic E-state index is 0.0483. The van der Waals surface area contributed by atoms with Crippen molar-refractivity contribution in [2.24, 2.45) is 5.92 Å². The maximum absolute atomic E-state index is 12.3. The summed E-state index contributed by atoms with van der Waals surface area (Å²) >= 11 is 0. The second-order valence-electron chi connectivity index (χ2n) is 4.16. The maximum Gasteiger partial charge on any atom is 0.0872 e. The maximum atomic E-state index is 12.3. The van der Waals surface area contributed by atoms with Crippen molar-refractivity contribution in [1.82, 2.24) is 5.32 Å². The van der Waals surface area contributed by atoms with Crippen molar-refractivity contribution in [3.8, 4) is 0 Å². The molecule has 1 heterocycles. The van der Waals surface area contributed by atoms with E-state index in [1.165, 1.54) is 12.8 Å². The molecule has 74 valence electrons. The number of hydrogen-bond donors (Lipinski definition) is 1. The predicted octanol–water partition coefficient (Wildman–Crippen LogP) is 1.63. The Morgan fingerprint density at radius 3 is 2.92 bits per heavy atom. The highest BCUT2D eigenvalue weighted by molar-refractivity contribution is 5.19. The van der Waals surface area contributed by atoms with Crippen molar-refractivity contribution in [3.63, 3.8) is 0 Å². The van der Waals surface area contributed by atoms with Crippen LogP contribution in [0.2, 0.25) is 0 Å². The number of halogens is 1. The van der Waals surface area contributed by atoms with Crippen molar-refractivity contribution in [3.05, 3.63) is 11.9 Å². The van der Waals surface area contributed by atoms with Gasteiger partial charge in [-0.15, -0.1) is 0 Å². The molecule has 1 N–H and O–H groups in total. The minimum Gasteiger partial charge on any atom is -0.383 e. The molecule has 1 saturated heterocycles. The van der Waals surface area contributed by atoms with Crippen molar-refractivity contribution < 1.29 is 9.13 Å². The lowest BCUT2D eigenvalue weighted by Crippen LogP contribution is -2.46. The summed E-state index contributed by atoms with van der Waals surface area (Å²) in [6.45, 7) is 1.39. The third-order valence-electron chi connectivity index (χ3n) is 3.13. The Kier molecular flexibility index (Phi) is 2.39. The molecule has 1 atom stereocenters. The van der Waals surface area contributed by atoms with E-state index in [0.717, 1.165) is 18.3 Å². The number of methoxy groups -OCH3 is 1. The van der Waals surface area contributed by atoms with Gasteiger partial charge in [0.1, 0.15) is 0 Å². The van der Waals surface area contributed by atoms with E-state index < -0.39 is 0 Å². The molecule has 2 fully saturated rings. The molecule has 13 heavy (non-hydrogen) atoms. The molecule has 2 rings (SSSR count). The first-order chi connectivity index (χ1) is 6.30. The normalized spacial score (nSPS) is 37.2. The summed E-state index contributed by atoms with van der Waals surface area (Å²) in [6, 6.07) is 0. The van der Waals surface area contributed by atoms with E-state index in [0.29, 0.717) is 19.1 Å². The van der Waals surface area contributed by atoms with Crippen LogP contribution >= 0.6 is 0 Å². The van der Waals surface area contributed by atoms with Gasteiger partial charge < -0.3 is 10.1 Å².